The highest BCUT2D eigenvalue weighted by molar-refractivity contribution is 5.96. The number of hydrogen-bond donors (Lipinski definition) is 4. The molecular weight excluding hydrogens is 278 g/mol. The molecule has 1 unspecified atom stereocenters. The minimum absolute atomic E-state index is 0.0723. The molecule has 0 aliphatic carbocycles. The third-order valence-electron chi connectivity index (χ3n) is 3.41. The molecule has 112 valence electrons. The Morgan fingerprint density at radius 1 is 1.27 bits per heavy atom. The number of benzene rings is 1. The largest absolute Gasteiger partial charge is 0.333 e. The molecule has 0 saturated carbocycles. The Bertz CT molecular complexity index is 712. The van der Waals surface area contributed by atoms with E-state index < -0.39 is 0 Å². The first kappa shape index (κ1) is 14.1. The number of guanidine groups is 1. The summed E-state index contributed by atoms with van der Waals surface area (Å²) >= 11 is 0. The van der Waals surface area contributed by atoms with E-state index in [4.69, 9.17) is 5.21 Å². The van der Waals surface area contributed by atoms with Crippen LogP contribution in [0.4, 0.5) is 11.4 Å². The molecule has 2 heterocycles. The van der Waals surface area contributed by atoms with Crippen LogP contribution in [0.25, 0.3) is 0 Å². The van der Waals surface area contributed by atoms with Crippen LogP contribution in [-0.2, 0) is 0 Å². The highest BCUT2D eigenvalue weighted by Gasteiger charge is 2.13. The lowest BCUT2D eigenvalue weighted by molar-refractivity contribution is 0.389. The number of nitrogens with one attached hydrogen (secondary N) is 3. The summed E-state index contributed by atoms with van der Waals surface area (Å²) in [4.78, 5) is 8.75. The van der Waals surface area contributed by atoms with Gasteiger partial charge in [-0.05, 0) is 42.3 Å². The van der Waals surface area contributed by atoms with Crippen molar-refractivity contribution in [1.29, 1.82) is 0 Å². The van der Waals surface area contributed by atoms with Crippen molar-refractivity contribution >= 4 is 17.3 Å². The zero-order valence-corrected chi connectivity index (χ0v) is 12.1. The smallest absolute Gasteiger partial charge is 0.200 e. The average molecular weight is 295 g/mol. The molecule has 1 aliphatic rings. The van der Waals surface area contributed by atoms with Crippen molar-refractivity contribution in [2.45, 2.75) is 13.0 Å². The van der Waals surface area contributed by atoms with E-state index >= 15 is 0 Å². The van der Waals surface area contributed by atoms with Crippen LogP contribution in [0.15, 0.2) is 60.0 Å². The summed E-state index contributed by atoms with van der Waals surface area (Å²) in [6.07, 6.45) is 7.38. The summed E-state index contributed by atoms with van der Waals surface area (Å²) in [7, 11) is 0. The molecule has 0 radical (unpaired) electrons. The van der Waals surface area contributed by atoms with Crippen LogP contribution in [-0.4, -0.2) is 16.2 Å². The van der Waals surface area contributed by atoms with Crippen LogP contribution >= 0.6 is 0 Å². The van der Waals surface area contributed by atoms with Gasteiger partial charge in [0, 0.05) is 24.3 Å². The Hall–Kier alpha value is -2.86. The summed E-state index contributed by atoms with van der Waals surface area (Å²) in [5.74, 6) is 0.648. The fraction of sp³-hybridized carbons (Fsp3) is 0.125. The first-order valence-corrected chi connectivity index (χ1v) is 6.95. The molecule has 1 atom stereocenters. The maximum atomic E-state index is 9.01. The minimum atomic E-state index is -0.0723. The Morgan fingerprint density at radius 2 is 2.18 bits per heavy atom. The summed E-state index contributed by atoms with van der Waals surface area (Å²) in [6.45, 7) is 1.99. The van der Waals surface area contributed by atoms with Crippen LogP contribution < -0.4 is 16.1 Å². The van der Waals surface area contributed by atoms with Gasteiger partial charge in [-0.25, -0.2) is 4.99 Å². The van der Waals surface area contributed by atoms with E-state index in [1.807, 2.05) is 49.7 Å². The van der Waals surface area contributed by atoms with E-state index in [0.717, 1.165) is 16.8 Å². The molecule has 0 spiro atoms. The molecule has 22 heavy (non-hydrogen) atoms. The van der Waals surface area contributed by atoms with Crippen molar-refractivity contribution in [1.82, 2.24) is 10.3 Å². The highest BCUT2D eigenvalue weighted by Crippen LogP contribution is 2.22. The zero-order chi connectivity index (χ0) is 15.4. The predicted octanol–water partition coefficient (Wildman–Crippen LogP) is 2.82. The van der Waals surface area contributed by atoms with E-state index in [9.17, 15) is 0 Å². The van der Waals surface area contributed by atoms with Crippen molar-refractivity contribution in [3.05, 3.63) is 66.1 Å². The number of aryl methyl sites for hydroxylation is 1. The average Bonchev–Trinajstić information content (AvgIpc) is 2.58. The number of anilines is 2. The molecule has 2 aromatic rings. The maximum Gasteiger partial charge on any atom is 0.200 e. The van der Waals surface area contributed by atoms with Gasteiger partial charge in [0.25, 0.3) is 0 Å². The summed E-state index contributed by atoms with van der Waals surface area (Å²) < 4.78 is 0. The van der Waals surface area contributed by atoms with Gasteiger partial charge in [0.05, 0.1) is 5.69 Å². The third kappa shape index (κ3) is 3.07. The summed E-state index contributed by atoms with van der Waals surface area (Å²) in [5.41, 5.74) is 5.71. The second-order valence-electron chi connectivity index (χ2n) is 4.98. The zero-order valence-electron chi connectivity index (χ0n) is 12.1. The maximum absolute atomic E-state index is 9.01. The number of nitrogens with zero attached hydrogens (tertiary/aromatic N) is 2. The molecule has 0 fully saturated rings. The molecule has 3 rings (SSSR count). The molecular formula is C16H17N5O. The molecule has 0 amide bonds. The first-order chi connectivity index (χ1) is 10.8. The quantitative estimate of drug-likeness (QED) is 0.655. The number of aliphatic imine (C=N–C) groups is 1. The van der Waals surface area contributed by atoms with Gasteiger partial charge in [0.1, 0.15) is 6.04 Å². The lowest BCUT2D eigenvalue weighted by Gasteiger charge is -2.19. The topological polar surface area (TPSA) is 81.6 Å². The van der Waals surface area contributed by atoms with E-state index in [0.29, 0.717) is 11.6 Å². The Kier molecular flexibility index (Phi) is 4.02. The second-order valence-corrected chi connectivity index (χ2v) is 4.98. The highest BCUT2D eigenvalue weighted by atomic mass is 16.5. The van der Waals surface area contributed by atoms with Gasteiger partial charge in [-0.1, -0.05) is 12.1 Å². The van der Waals surface area contributed by atoms with Crippen LogP contribution in [0.5, 0.6) is 0 Å². The van der Waals surface area contributed by atoms with Crippen molar-refractivity contribution < 1.29 is 5.21 Å². The van der Waals surface area contributed by atoms with Gasteiger partial charge >= 0.3 is 0 Å². The molecule has 4 N–H and O–H groups in total. The van der Waals surface area contributed by atoms with Crippen LogP contribution in [0, 0.1) is 6.92 Å². The van der Waals surface area contributed by atoms with Gasteiger partial charge in [-0.2, -0.15) is 0 Å². The first-order valence-electron chi connectivity index (χ1n) is 6.95. The number of rotatable bonds is 3. The van der Waals surface area contributed by atoms with Crippen molar-refractivity contribution in [2.24, 2.45) is 4.99 Å². The lowest BCUT2D eigenvalue weighted by atomic mass is 10.1. The predicted molar refractivity (Wildman–Crippen MR) is 86.9 cm³/mol. The SMILES string of the molecule is Cc1ccc(NO)cc1NC1=NC(c2cccnc2)C=CN1. The Labute approximate surface area is 128 Å². The summed E-state index contributed by atoms with van der Waals surface area (Å²) in [6, 6.07) is 9.35. The van der Waals surface area contributed by atoms with Gasteiger partial charge in [0.15, 0.2) is 0 Å². The van der Waals surface area contributed by atoms with Crippen LogP contribution in [0.3, 0.4) is 0 Å². The molecule has 6 heteroatoms. The monoisotopic (exact) mass is 295 g/mol. The lowest BCUT2D eigenvalue weighted by Crippen LogP contribution is -2.29. The summed E-state index contributed by atoms with van der Waals surface area (Å²) in [5, 5.41) is 15.3. The molecule has 0 bridgehead atoms. The molecule has 1 aromatic carbocycles. The molecule has 1 aromatic heterocycles. The molecule has 0 saturated heterocycles. The van der Waals surface area contributed by atoms with E-state index in [-0.39, 0.29) is 6.04 Å². The van der Waals surface area contributed by atoms with Crippen molar-refractivity contribution in [2.75, 3.05) is 10.8 Å². The van der Waals surface area contributed by atoms with E-state index in [1.54, 1.807) is 12.3 Å². The van der Waals surface area contributed by atoms with Crippen molar-refractivity contribution in [3.8, 4) is 0 Å². The fourth-order valence-corrected chi connectivity index (χ4v) is 2.20. The fourth-order valence-electron chi connectivity index (χ4n) is 2.20. The van der Waals surface area contributed by atoms with Gasteiger partial charge in [0.2, 0.25) is 5.96 Å². The van der Waals surface area contributed by atoms with E-state index in [2.05, 4.69) is 26.1 Å². The molecule has 1 aliphatic heterocycles. The van der Waals surface area contributed by atoms with E-state index in [1.165, 1.54) is 0 Å². The standard InChI is InChI=1S/C16H17N5O/c1-11-4-5-13(21-22)9-15(11)20-16-18-8-6-14(19-16)12-3-2-7-17-10-12/h2-10,14,21-22H,1H3,(H2,18,19,20). The van der Waals surface area contributed by atoms with Gasteiger partial charge in [-0.3, -0.25) is 15.7 Å². The number of aromatic nitrogens is 1. The van der Waals surface area contributed by atoms with Gasteiger partial charge in [-0.15, -0.1) is 0 Å². The normalized spacial score (nSPS) is 16.6. The second kappa shape index (κ2) is 6.28. The van der Waals surface area contributed by atoms with Gasteiger partial charge < -0.3 is 10.6 Å². The van der Waals surface area contributed by atoms with Crippen LogP contribution in [0.2, 0.25) is 0 Å². The number of hydrogen-bond acceptors (Lipinski definition) is 6. The molecule has 6 nitrogen and oxygen atoms in total. The van der Waals surface area contributed by atoms with Crippen molar-refractivity contribution in [3.63, 3.8) is 0 Å². The Balaban J connectivity index is 1.82. The minimum Gasteiger partial charge on any atom is -0.333 e. The third-order valence-corrected chi connectivity index (χ3v) is 3.41. The van der Waals surface area contributed by atoms with Crippen LogP contribution in [0.1, 0.15) is 17.2 Å². The Morgan fingerprint density at radius 3 is 2.95 bits per heavy atom. The number of pyridine rings is 1.